The van der Waals surface area contributed by atoms with Crippen molar-refractivity contribution >= 4 is 5.97 Å². The Hall–Kier alpha value is -0.610. The van der Waals surface area contributed by atoms with Gasteiger partial charge in [-0.25, -0.2) is 0 Å². The molecule has 0 radical (unpaired) electrons. The fourth-order valence-corrected chi connectivity index (χ4v) is 2.39. The van der Waals surface area contributed by atoms with Crippen molar-refractivity contribution in [2.24, 2.45) is 17.1 Å². The van der Waals surface area contributed by atoms with Crippen molar-refractivity contribution < 1.29 is 14.3 Å². The summed E-state index contributed by atoms with van der Waals surface area (Å²) in [5, 5.41) is 0. The van der Waals surface area contributed by atoms with Crippen molar-refractivity contribution in [1.82, 2.24) is 0 Å². The molecule has 4 heteroatoms. The summed E-state index contributed by atoms with van der Waals surface area (Å²) in [6, 6.07) is -0.112. The van der Waals surface area contributed by atoms with Gasteiger partial charge in [0.05, 0.1) is 13.7 Å². The molecule has 4 nitrogen and oxygen atoms in total. The number of carbonyl (C=O) groups excluding carboxylic acids is 1. The third-order valence-corrected chi connectivity index (χ3v) is 3.58. The van der Waals surface area contributed by atoms with Crippen molar-refractivity contribution in [3.63, 3.8) is 0 Å². The van der Waals surface area contributed by atoms with Crippen molar-refractivity contribution in [3.05, 3.63) is 0 Å². The highest BCUT2D eigenvalue weighted by molar-refractivity contribution is 5.78. The fourth-order valence-electron chi connectivity index (χ4n) is 2.39. The van der Waals surface area contributed by atoms with Crippen LogP contribution >= 0.6 is 0 Å². The molecule has 15 heavy (non-hydrogen) atoms. The lowest BCUT2D eigenvalue weighted by atomic mass is 9.74. The largest absolute Gasteiger partial charge is 0.468 e. The van der Waals surface area contributed by atoms with Crippen LogP contribution in [0.15, 0.2) is 0 Å². The van der Waals surface area contributed by atoms with Gasteiger partial charge in [-0.15, -0.1) is 0 Å². The highest BCUT2D eigenvalue weighted by Crippen LogP contribution is 2.44. The molecule has 2 N–H and O–H groups in total. The molecule has 0 amide bonds. The van der Waals surface area contributed by atoms with Crippen LogP contribution in [0.3, 0.4) is 0 Å². The molecule has 86 valence electrons. The first kappa shape index (κ1) is 10.9. The molecule has 0 aromatic carbocycles. The molecule has 1 saturated carbocycles. The van der Waals surface area contributed by atoms with Crippen molar-refractivity contribution in [1.29, 1.82) is 0 Å². The minimum Gasteiger partial charge on any atom is -0.468 e. The Bertz CT molecular complexity index is 252. The van der Waals surface area contributed by atoms with E-state index in [1.165, 1.54) is 20.0 Å². The van der Waals surface area contributed by atoms with Gasteiger partial charge in [0.25, 0.3) is 0 Å². The zero-order chi connectivity index (χ0) is 10.9. The lowest BCUT2D eigenvalue weighted by molar-refractivity contribution is -0.164. The minimum atomic E-state index is -0.575. The van der Waals surface area contributed by atoms with Crippen molar-refractivity contribution in [2.75, 3.05) is 20.3 Å². The standard InChI is InChI=1S/C11H19NO3/c1-14-10(13)11(6-8-2-3-8)7-15-5-4-9(11)12/h8-9H,2-7,12H2,1H3. The first-order valence-corrected chi connectivity index (χ1v) is 5.61. The van der Waals surface area contributed by atoms with Crippen LogP contribution < -0.4 is 5.73 Å². The molecule has 1 aliphatic carbocycles. The summed E-state index contributed by atoms with van der Waals surface area (Å²) < 4.78 is 10.3. The summed E-state index contributed by atoms with van der Waals surface area (Å²) in [4.78, 5) is 11.9. The molecule has 2 unspecified atom stereocenters. The maximum atomic E-state index is 11.9. The Morgan fingerprint density at radius 3 is 2.80 bits per heavy atom. The summed E-state index contributed by atoms with van der Waals surface area (Å²) in [6.45, 7) is 1.09. The first-order chi connectivity index (χ1) is 7.19. The normalized spacial score (nSPS) is 36.3. The zero-order valence-corrected chi connectivity index (χ0v) is 9.20. The van der Waals surface area contributed by atoms with Gasteiger partial charge in [-0.3, -0.25) is 4.79 Å². The Kier molecular flexibility index (Phi) is 2.98. The Morgan fingerprint density at radius 2 is 2.27 bits per heavy atom. The Morgan fingerprint density at radius 1 is 1.53 bits per heavy atom. The van der Waals surface area contributed by atoms with E-state index in [1.807, 2.05) is 0 Å². The average molecular weight is 213 g/mol. The van der Waals surface area contributed by atoms with Gasteiger partial charge in [0.2, 0.25) is 0 Å². The molecular weight excluding hydrogens is 194 g/mol. The average Bonchev–Trinajstić information content (AvgIpc) is 3.04. The van der Waals surface area contributed by atoms with Gasteiger partial charge in [-0.2, -0.15) is 0 Å². The number of hydrogen-bond acceptors (Lipinski definition) is 4. The van der Waals surface area contributed by atoms with E-state index >= 15 is 0 Å². The third kappa shape index (κ3) is 2.01. The summed E-state index contributed by atoms with van der Waals surface area (Å²) in [5.41, 5.74) is 5.51. The lowest BCUT2D eigenvalue weighted by Crippen LogP contribution is -2.54. The molecular formula is C11H19NO3. The third-order valence-electron chi connectivity index (χ3n) is 3.58. The van der Waals surface area contributed by atoms with Crippen LogP contribution in [0, 0.1) is 11.3 Å². The van der Waals surface area contributed by atoms with Crippen LogP contribution in [0.1, 0.15) is 25.7 Å². The maximum absolute atomic E-state index is 11.9. The summed E-state index contributed by atoms with van der Waals surface area (Å²) in [5.74, 6) is 0.457. The molecule has 1 heterocycles. The monoisotopic (exact) mass is 213 g/mol. The first-order valence-electron chi connectivity index (χ1n) is 5.61. The number of nitrogens with two attached hydrogens (primary N) is 1. The summed E-state index contributed by atoms with van der Waals surface area (Å²) >= 11 is 0. The van der Waals surface area contributed by atoms with Crippen LogP contribution in [-0.4, -0.2) is 32.3 Å². The summed E-state index contributed by atoms with van der Waals surface area (Å²) in [7, 11) is 1.43. The van der Waals surface area contributed by atoms with E-state index in [9.17, 15) is 4.79 Å². The van der Waals surface area contributed by atoms with Crippen molar-refractivity contribution in [3.8, 4) is 0 Å². The molecule has 2 aliphatic rings. The predicted octanol–water partition coefficient (Wildman–Crippen LogP) is 0.693. The fraction of sp³-hybridized carbons (Fsp3) is 0.909. The highest BCUT2D eigenvalue weighted by Gasteiger charge is 2.50. The molecule has 0 aromatic heterocycles. The molecule has 0 spiro atoms. The van der Waals surface area contributed by atoms with Gasteiger partial charge in [0.15, 0.2) is 0 Å². The van der Waals surface area contributed by atoms with Gasteiger partial charge < -0.3 is 15.2 Å². The smallest absolute Gasteiger partial charge is 0.315 e. The van der Waals surface area contributed by atoms with E-state index < -0.39 is 5.41 Å². The van der Waals surface area contributed by atoms with Gasteiger partial charge in [0, 0.05) is 12.6 Å². The second-order valence-corrected chi connectivity index (χ2v) is 4.74. The SMILES string of the molecule is COC(=O)C1(CC2CC2)COCCC1N. The van der Waals surface area contributed by atoms with Gasteiger partial charge in [-0.05, 0) is 18.8 Å². The predicted molar refractivity (Wildman–Crippen MR) is 55.2 cm³/mol. The van der Waals surface area contributed by atoms with Gasteiger partial charge in [0.1, 0.15) is 5.41 Å². The lowest BCUT2D eigenvalue weighted by Gasteiger charge is -2.39. The van der Waals surface area contributed by atoms with Crippen LogP contribution in [0.5, 0.6) is 0 Å². The van der Waals surface area contributed by atoms with E-state index in [0.717, 1.165) is 12.8 Å². The van der Waals surface area contributed by atoms with E-state index in [1.54, 1.807) is 0 Å². The van der Waals surface area contributed by atoms with E-state index in [4.69, 9.17) is 15.2 Å². The molecule has 2 fully saturated rings. The highest BCUT2D eigenvalue weighted by atomic mass is 16.5. The summed E-state index contributed by atoms with van der Waals surface area (Å²) in [6.07, 6.45) is 4.01. The quantitative estimate of drug-likeness (QED) is 0.701. The van der Waals surface area contributed by atoms with Crippen LogP contribution in [0.25, 0.3) is 0 Å². The number of ether oxygens (including phenoxy) is 2. The second kappa shape index (κ2) is 4.10. The van der Waals surface area contributed by atoms with Crippen molar-refractivity contribution in [2.45, 2.75) is 31.7 Å². The zero-order valence-electron chi connectivity index (χ0n) is 9.20. The van der Waals surface area contributed by atoms with Crippen LogP contribution in [0.4, 0.5) is 0 Å². The number of esters is 1. The van der Waals surface area contributed by atoms with E-state index in [2.05, 4.69) is 0 Å². The molecule has 1 aliphatic heterocycles. The van der Waals surface area contributed by atoms with Gasteiger partial charge >= 0.3 is 5.97 Å². The van der Waals surface area contributed by atoms with E-state index in [-0.39, 0.29) is 12.0 Å². The van der Waals surface area contributed by atoms with Crippen LogP contribution in [-0.2, 0) is 14.3 Å². The topological polar surface area (TPSA) is 61.5 Å². The maximum Gasteiger partial charge on any atom is 0.315 e. The Balaban J connectivity index is 2.14. The number of hydrogen-bond donors (Lipinski definition) is 1. The van der Waals surface area contributed by atoms with E-state index in [0.29, 0.717) is 19.1 Å². The second-order valence-electron chi connectivity index (χ2n) is 4.74. The molecule has 0 bridgehead atoms. The number of carbonyl (C=O) groups is 1. The minimum absolute atomic E-state index is 0.112. The molecule has 1 saturated heterocycles. The number of methoxy groups -OCH3 is 1. The molecule has 2 atom stereocenters. The van der Waals surface area contributed by atoms with Crippen LogP contribution in [0.2, 0.25) is 0 Å². The van der Waals surface area contributed by atoms with Gasteiger partial charge in [-0.1, -0.05) is 12.8 Å². The molecule has 0 aromatic rings. The Labute approximate surface area is 90.1 Å². The number of rotatable bonds is 3. The molecule has 2 rings (SSSR count).